The van der Waals surface area contributed by atoms with Gasteiger partial charge >= 0.3 is 5.76 Å². The number of hydrogen-bond donors (Lipinski definition) is 1. The van der Waals surface area contributed by atoms with Gasteiger partial charge in [0, 0.05) is 12.6 Å². The van der Waals surface area contributed by atoms with Gasteiger partial charge in [-0.1, -0.05) is 0 Å². The molecule has 2 fully saturated rings. The van der Waals surface area contributed by atoms with Gasteiger partial charge in [0.25, 0.3) is 10.0 Å². The summed E-state index contributed by atoms with van der Waals surface area (Å²) in [5.74, 6) is -3.13. The molecule has 0 spiro atoms. The molecule has 2 aliphatic rings. The van der Waals surface area contributed by atoms with E-state index in [9.17, 15) is 17.2 Å². The lowest BCUT2D eigenvalue weighted by Crippen LogP contribution is -2.44. The second-order valence-corrected chi connectivity index (χ2v) is 6.67. The Balaban J connectivity index is 2.02. The van der Waals surface area contributed by atoms with Crippen LogP contribution in [0.4, 0.5) is 8.78 Å². The molecule has 0 aromatic carbocycles. The summed E-state index contributed by atoms with van der Waals surface area (Å²) >= 11 is 0. The standard InChI is InChI=1S/C10H18F2N2O2S/c11-10(12)17(15,16)14(9-3-4-9)7-8-2-1-5-13-6-8/h8-10,13H,1-7H2. The van der Waals surface area contributed by atoms with Gasteiger partial charge in [-0.05, 0) is 44.7 Å². The third-order valence-corrected chi connectivity index (χ3v) is 4.89. The molecule has 1 saturated heterocycles. The van der Waals surface area contributed by atoms with Crippen LogP contribution in [-0.4, -0.2) is 44.2 Å². The first kappa shape index (κ1) is 13.2. The van der Waals surface area contributed by atoms with Gasteiger partial charge in [-0.15, -0.1) is 0 Å². The maximum Gasteiger partial charge on any atom is 0.350 e. The highest BCUT2D eigenvalue weighted by Gasteiger charge is 2.42. The van der Waals surface area contributed by atoms with E-state index in [1.807, 2.05) is 0 Å². The predicted octanol–water partition coefficient (Wildman–Crippen LogP) is 1.00. The van der Waals surface area contributed by atoms with Crippen molar-refractivity contribution in [1.29, 1.82) is 0 Å². The zero-order chi connectivity index (χ0) is 12.5. The molecule has 1 N–H and O–H groups in total. The minimum absolute atomic E-state index is 0.165. The molecule has 1 aliphatic heterocycles. The van der Waals surface area contributed by atoms with Crippen molar-refractivity contribution in [3.63, 3.8) is 0 Å². The van der Waals surface area contributed by atoms with Crippen molar-refractivity contribution in [2.24, 2.45) is 5.92 Å². The summed E-state index contributed by atoms with van der Waals surface area (Å²) in [6, 6.07) is -0.184. The normalized spacial score (nSPS) is 26.7. The molecule has 1 unspecified atom stereocenters. The van der Waals surface area contributed by atoms with E-state index in [1.54, 1.807) is 0 Å². The molecule has 4 nitrogen and oxygen atoms in total. The fraction of sp³-hybridized carbons (Fsp3) is 1.00. The van der Waals surface area contributed by atoms with E-state index in [-0.39, 0.29) is 18.5 Å². The van der Waals surface area contributed by atoms with Gasteiger partial charge in [0.05, 0.1) is 0 Å². The first-order valence-electron chi connectivity index (χ1n) is 6.01. The van der Waals surface area contributed by atoms with Gasteiger partial charge in [-0.2, -0.15) is 13.1 Å². The van der Waals surface area contributed by atoms with Crippen LogP contribution in [0.1, 0.15) is 25.7 Å². The van der Waals surface area contributed by atoms with Crippen LogP contribution in [0.15, 0.2) is 0 Å². The molecule has 0 amide bonds. The fourth-order valence-corrected chi connectivity index (χ4v) is 3.51. The Morgan fingerprint density at radius 3 is 2.47 bits per heavy atom. The van der Waals surface area contributed by atoms with Crippen molar-refractivity contribution < 1.29 is 17.2 Å². The van der Waals surface area contributed by atoms with Crippen molar-refractivity contribution in [3.05, 3.63) is 0 Å². The molecule has 1 saturated carbocycles. The van der Waals surface area contributed by atoms with Crippen molar-refractivity contribution in [1.82, 2.24) is 9.62 Å². The lowest BCUT2D eigenvalue weighted by atomic mass is 10.00. The molecule has 1 atom stereocenters. The average Bonchev–Trinajstić information content (AvgIpc) is 3.10. The molecule has 0 radical (unpaired) electrons. The number of alkyl halides is 2. The van der Waals surface area contributed by atoms with Crippen LogP contribution in [-0.2, 0) is 10.0 Å². The molecule has 0 aromatic heterocycles. The molecule has 1 aliphatic carbocycles. The molecule has 2 rings (SSSR count). The molecule has 17 heavy (non-hydrogen) atoms. The Kier molecular flexibility index (Phi) is 3.99. The SMILES string of the molecule is O=S(=O)(C(F)F)N(CC1CCCNC1)C1CC1. The van der Waals surface area contributed by atoms with E-state index in [2.05, 4.69) is 5.32 Å². The predicted molar refractivity (Wildman–Crippen MR) is 60.2 cm³/mol. The average molecular weight is 268 g/mol. The molecule has 0 aromatic rings. The number of rotatable bonds is 5. The zero-order valence-electron chi connectivity index (χ0n) is 9.61. The van der Waals surface area contributed by atoms with Gasteiger partial charge in [-0.25, -0.2) is 8.42 Å². The summed E-state index contributed by atoms with van der Waals surface area (Å²) in [5, 5.41) is 3.17. The van der Waals surface area contributed by atoms with E-state index >= 15 is 0 Å². The highest BCUT2D eigenvalue weighted by Crippen LogP contribution is 2.32. The quantitative estimate of drug-likeness (QED) is 0.809. The number of hydrogen-bond acceptors (Lipinski definition) is 3. The monoisotopic (exact) mass is 268 g/mol. The summed E-state index contributed by atoms with van der Waals surface area (Å²) in [6.07, 6.45) is 3.32. The lowest BCUT2D eigenvalue weighted by Gasteiger charge is -2.29. The second-order valence-electron chi connectivity index (χ2n) is 4.82. The van der Waals surface area contributed by atoms with Crippen LogP contribution >= 0.6 is 0 Å². The maximum atomic E-state index is 12.6. The second kappa shape index (κ2) is 5.16. The Hall–Kier alpha value is -0.270. The summed E-state index contributed by atoms with van der Waals surface area (Å²) in [7, 11) is -4.40. The van der Waals surface area contributed by atoms with Crippen molar-refractivity contribution >= 4 is 10.0 Å². The first-order valence-corrected chi connectivity index (χ1v) is 7.51. The van der Waals surface area contributed by atoms with Crippen LogP contribution in [0.25, 0.3) is 0 Å². The van der Waals surface area contributed by atoms with E-state index in [1.165, 1.54) is 0 Å². The van der Waals surface area contributed by atoms with E-state index < -0.39 is 15.8 Å². The smallest absolute Gasteiger partial charge is 0.316 e. The minimum Gasteiger partial charge on any atom is -0.316 e. The summed E-state index contributed by atoms with van der Waals surface area (Å²) in [5.41, 5.74) is 0. The minimum atomic E-state index is -4.40. The van der Waals surface area contributed by atoms with Gasteiger partial charge in [-0.3, -0.25) is 0 Å². The fourth-order valence-electron chi connectivity index (χ4n) is 2.26. The highest BCUT2D eigenvalue weighted by molar-refractivity contribution is 7.89. The van der Waals surface area contributed by atoms with Gasteiger partial charge in [0.15, 0.2) is 0 Å². The molecule has 1 heterocycles. The van der Waals surface area contributed by atoms with E-state index in [0.29, 0.717) is 12.8 Å². The number of halogens is 2. The largest absolute Gasteiger partial charge is 0.350 e. The Morgan fingerprint density at radius 1 is 1.29 bits per heavy atom. The van der Waals surface area contributed by atoms with Crippen LogP contribution in [0.3, 0.4) is 0 Å². The summed E-state index contributed by atoms with van der Waals surface area (Å²) < 4.78 is 49.2. The summed E-state index contributed by atoms with van der Waals surface area (Å²) in [4.78, 5) is 0. The zero-order valence-corrected chi connectivity index (χ0v) is 10.4. The third kappa shape index (κ3) is 3.14. The summed E-state index contributed by atoms with van der Waals surface area (Å²) in [6.45, 7) is 1.90. The molecule has 0 bridgehead atoms. The van der Waals surface area contributed by atoms with Crippen LogP contribution in [0, 0.1) is 5.92 Å². The van der Waals surface area contributed by atoms with Gasteiger partial charge in [0.1, 0.15) is 0 Å². The molecule has 7 heteroatoms. The highest BCUT2D eigenvalue weighted by atomic mass is 32.2. The topological polar surface area (TPSA) is 49.4 Å². The number of nitrogens with one attached hydrogen (secondary N) is 1. The van der Waals surface area contributed by atoms with E-state index in [0.717, 1.165) is 30.2 Å². The van der Waals surface area contributed by atoms with Gasteiger partial charge in [0.2, 0.25) is 0 Å². The van der Waals surface area contributed by atoms with Crippen LogP contribution < -0.4 is 5.32 Å². The molecule has 100 valence electrons. The number of nitrogens with zero attached hydrogens (tertiary/aromatic N) is 1. The Bertz CT molecular complexity index is 351. The van der Waals surface area contributed by atoms with Crippen molar-refractivity contribution in [2.45, 2.75) is 37.5 Å². The van der Waals surface area contributed by atoms with Crippen molar-refractivity contribution in [3.8, 4) is 0 Å². The third-order valence-electron chi connectivity index (χ3n) is 3.34. The number of piperidine rings is 1. The first-order chi connectivity index (χ1) is 8.01. The van der Waals surface area contributed by atoms with Crippen molar-refractivity contribution in [2.75, 3.05) is 19.6 Å². The molecular weight excluding hydrogens is 250 g/mol. The molecular formula is C10H18F2N2O2S. The van der Waals surface area contributed by atoms with Gasteiger partial charge < -0.3 is 5.32 Å². The van der Waals surface area contributed by atoms with Crippen LogP contribution in [0.2, 0.25) is 0 Å². The van der Waals surface area contributed by atoms with Crippen LogP contribution in [0.5, 0.6) is 0 Å². The lowest BCUT2D eigenvalue weighted by molar-refractivity contribution is 0.208. The van der Waals surface area contributed by atoms with E-state index in [4.69, 9.17) is 0 Å². The Labute approximate surface area is 100 Å². The Morgan fingerprint density at radius 2 is 2.00 bits per heavy atom. The number of sulfonamides is 1. The maximum absolute atomic E-state index is 12.6.